The second kappa shape index (κ2) is 10.6. The van der Waals surface area contributed by atoms with Gasteiger partial charge in [0, 0.05) is 0 Å². The molecule has 0 fully saturated rings. The van der Waals surface area contributed by atoms with E-state index in [1.165, 1.54) is 0 Å². The van der Waals surface area contributed by atoms with Crippen LogP contribution in [0.4, 0.5) is 4.79 Å². The molecule has 0 unspecified atom stereocenters. The molecule has 0 aliphatic rings. The maximum absolute atomic E-state index is 10.4. The van der Waals surface area contributed by atoms with Crippen molar-refractivity contribution in [3.05, 3.63) is 29.7 Å². The molecule has 0 aliphatic heterocycles. The third-order valence-electron chi connectivity index (χ3n) is 1.22. The first-order valence-corrected chi connectivity index (χ1v) is 4.10. The van der Waals surface area contributed by atoms with Gasteiger partial charge in [0.1, 0.15) is 0 Å². The van der Waals surface area contributed by atoms with Crippen LogP contribution in [0.25, 0.3) is 5.73 Å². The summed E-state index contributed by atoms with van der Waals surface area (Å²) in [6.45, 7) is 4.00. The van der Waals surface area contributed by atoms with Crippen LogP contribution in [0.1, 0.15) is 26.7 Å². The fourth-order valence-electron chi connectivity index (χ4n) is 0.757. The maximum Gasteiger partial charge on any atom is 1.00 e. The summed E-state index contributed by atoms with van der Waals surface area (Å²) in [6.07, 6.45) is 7.41. The molecule has 0 spiro atoms. The predicted octanol–water partition coefficient (Wildman–Crippen LogP) is 0.0123. The summed E-state index contributed by atoms with van der Waals surface area (Å²) in [5, 5.41) is 2.42. The fraction of sp³-hybridized carbons (Fsp3) is 0.444. The van der Waals surface area contributed by atoms with Crippen LogP contribution in [0.5, 0.6) is 0 Å². The summed E-state index contributed by atoms with van der Waals surface area (Å²) < 4.78 is 0. The van der Waals surface area contributed by atoms with E-state index in [2.05, 4.69) is 5.32 Å². The van der Waals surface area contributed by atoms with Gasteiger partial charge in [0.05, 0.1) is 0 Å². The van der Waals surface area contributed by atoms with Crippen LogP contribution in [-0.2, 0) is 0 Å². The molecular formula is C9H15N2ORb. The summed E-state index contributed by atoms with van der Waals surface area (Å²) >= 11 is 0. The predicted molar refractivity (Wildman–Crippen MR) is 50.7 cm³/mol. The van der Waals surface area contributed by atoms with Crippen molar-refractivity contribution in [1.29, 1.82) is 0 Å². The Bertz CT molecular complexity index is 200. The molecule has 0 rings (SSSR count). The zero-order chi connectivity index (χ0) is 9.40. The van der Waals surface area contributed by atoms with Crippen LogP contribution in [0.2, 0.25) is 0 Å². The summed E-state index contributed by atoms with van der Waals surface area (Å²) in [6, 6.07) is -0.768. The van der Waals surface area contributed by atoms with Gasteiger partial charge in [0.25, 0.3) is 0 Å². The minimum Gasteiger partial charge on any atom is -0.447 e. The monoisotopic (exact) mass is 252 g/mol. The number of urea groups is 1. The molecule has 0 bridgehead atoms. The summed E-state index contributed by atoms with van der Waals surface area (Å²) in [5.74, 6) is 0. The summed E-state index contributed by atoms with van der Waals surface area (Å²) in [7, 11) is 0. The molecule has 0 atom stereocenters. The van der Waals surface area contributed by atoms with Crippen LogP contribution >= 0.6 is 0 Å². The van der Waals surface area contributed by atoms with Crippen LogP contribution in [-0.4, -0.2) is 6.03 Å². The number of nitrogens with one attached hydrogen (secondary N) is 2. The molecule has 0 aromatic rings. The molecule has 68 valence electrons. The Kier molecular flexibility index (Phi) is 13.1. The average molecular weight is 253 g/mol. The van der Waals surface area contributed by atoms with E-state index in [1.54, 1.807) is 0 Å². The molecule has 0 radical (unpaired) electrons. The minimum absolute atomic E-state index is 0. The molecule has 0 aliphatic carbocycles. The topological polar surface area (TPSA) is 52.9 Å². The molecule has 4 heteroatoms. The van der Waals surface area contributed by atoms with E-state index in [0.29, 0.717) is 5.70 Å². The molecule has 2 N–H and O–H groups in total. The van der Waals surface area contributed by atoms with Crippen LogP contribution in [0, 0.1) is 0 Å². The average Bonchev–Trinajstić information content (AvgIpc) is 2.00. The van der Waals surface area contributed by atoms with E-state index in [0.717, 1.165) is 12.8 Å². The Morgan fingerprint density at radius 1 is 1.38 bits per heavy atom. The minimum atomic E-state index is -0.768. The zero-order valence-electron chi connectivity index (χ0n) is 8.55. The molecule has 0 saturated heterocycles. The molecule has 0 heterocycles. The third kappa shape index (κ3) is 10.5. The molecule has 0 aromatic heterocycles. The molecule has 0 saturated carbocycles. The Balaban J connectivity index is 0. The molecule has 2 amide bonds. The Morgan fingerprint density at radius 3 is 2.38 bits per heavy atom. The second-order valence-corrected chi connectivity index (χ2v) is 2.33. The largest absolute Gasteiger partial charge is 1.00 e. The van der Waals surface area contributed by atoms with Gasteiger partial charge in [-0.05, 0) is 18.5 Å². The van der Waals surface area contributed by atoms with Crippen LogP contribution < -0.4 is 63.5 Å². The van der Waals surface area contributed by atoms with Crippen molar-refractivity contribution in [2.75, 3.05) is 0 Å². The van der Waals surface area contributed by atoms with Gasteiger partial charge in [-0.25, -0.2) is 0 Å². The van der Waals surface area contributed by atoms with Crippen molar-refractivity contribution in [3.63, 3.8) is 0 Å². The van der Waals surface area contributed by atoms with Crippen LogP contribution in [0.15, 0.2) is 23.9 Å². The first-order valence-electron chi connectivity index (χ1n) is 4.10. The molecule has 3 nitrogen and oxygen atoms in total. The van der Waals surface area contributed by atoms with Gasteiger partial charge in [0.2, 0.25) is 0 Å². The summed E-state index contributed by atoms with van der Waals surface area (Å²) in [4.78, 5) is 10.4. The third-order valence-corrected chi connectivity index (χ3v) is 1.22. The van der Waals surface area contributed by atoms with Crippen molar-refractivity contribution >= 4 is 6.03 Å². The first kappa shape index (κ1) is 16.0. The van der Waals surface area contributed by atoms with Crippen molar-refractivity contribution in [2.45, 2.75) is 26.7 Å². The van der Waals surface area contributed by atoms with Gasteiger partial charge in [-0.2, -0.15) is 0 Å². The van der Waals surface area contributed by atoms with E-state index in [4.69, 9.17) is 5.73 Å². The zero-order valence-corrected chi connectivity index (χ0v) is 13.5. The van der Waals surface area contributed by atoms with Gasteiger partial charge >= 0.3 is 58.2 Å². The summed E-state index contributed by atoms with van der Waals surface area (Å²) in [5.41, 5.74) is 7.41. The Morgan fingerprint density at radius 2 is 2.00 bits per heavy atom. The second-order valence-electron chi connectivity index (χ2n) is 2.33. The van der Waals surface area contributed by atoms with Gasteiger partial charge in [-0.15, -0.1) is 0 Å². The number of carbonyl (C=O) groups is 1. The van der Waals surface area contributed by atoms with E-state index >= 15 is 0 Å². The number of hydrogen-bond acceptors (Lipinski definition) is 1. The number of hydrogen-bond donors (Lipinski definition) is 1. The van der Waals surface area contributed by atoms with Gasteiger partial charge in [-0.1, -0.05) is 32.1 Å². The van der Waals surface area contributed by atoms with Crippen molar-refractivity contribution in [1.82, 2.24) is 5.32 Å². The smallest absolute Gasteiger partial charge is 0.447 e. The van der Waals surface area contributed by atoms with Crippen molar-refractivity contribution in [2.24, 2.45) is 0 Å². The number of carbonyl (C=O) groups excluding carboxylic acids is 1. The first-order chi connectivity index (χ1) is 5.70. The Hall–Kier alpha value is 0.555. The maximum atomic E-state index is 10.4. The van der Waals surface area contributed by atoms with E-state index in [1.807, 2.05) is 32.1 Å². The Labute approximate surface area is 129 Å². The van der Waals surface area contributed by atoms with Crippen molar-refractivity contribution < 1.29 is 63.0 Å². The van der Waals surface area contributed by atoms with Gasteiger partial charge in [-0.3, -0.25) is 4.79 Å². The quantitative estimate of drug-likeness (QED) is 0.705. The van der Waals surface area contributed by atoms with Gasteiger partial charge in [0.15, 0.2) is 6.03 Å². The van der Waals surface area contributed by atoms with Crippen molar-refractivity contribution in [3.8, 4) is 0 Å². The number of rotatable bonds is 4. The van der Waals surface area contributed by atoms with E-state index in [9.17, 15) is 4.79 Å². The number of allylic oxidation sites excluding steroid dienone is 3. The van der Waals surface area contributed by atoms with E-state index in [-0.39, 0.29) is 58.2 Å². The van der Waals surface area contributed by atoms with E-state index < -0.39 is 6.03 Å². The SMILES string of the molecule is CC/C=C\C(=C/CC)NC([NH-])=O.[Rb+]. The van der Waals surface area contributed by atoms with Gasteiger partial charge < -0.3 is 11.1 Å². The van der Waals surface area contributed by atoms with Crippen LogP contribution in [0.3, 0.4) is 0 Å². The standard InChI is InChI=1S/C9H16N2O.Rb/c1-3-5-7-8(6-4-2)11-9(10)12;/h5-7H,3-4H2,1-2H3,(H3,10,11,12);/q;+1/p-1/b7-5-,8-6+;. The molecule has 13 heavy (non-hydrogen) atoms. The molecule has 0 aromatic carbocycles. The normalized spacial score (nSPS) is 11.1. The number of amides is 2. The fourth-order valence-corrected chi connectivity index (χ4v) is 0.757. The molecular weight excluding hydrogens is 238 g/mol.